The first kappa shape index (κ1) is 10.2. The quantitative estimate of drug-likeness (QED) is 0.728. The average molecular weight is 219 g/mol. The molecule has 1 aromatic heterocycles. The monoisotopic (exact) mass is 219 g/mol. The summed E-state index contributed by atoms with van der Waals surface area (Å²) in [7, 11) is 0. The lowest BCUT2D eigenvalue weighted by atomic mass is 10.2. The van der Waals surface area contributed by atoms with Gasteiger partial charge in [-0.2, -0.15) is 13.2 Å². The van der Waals surface area contributed by atoms with E-state index in [1.807, 2.05) is 0 Å². The highest BCUT2D eigenvalue weighted by Crippen LogP contribution is 2.34. The molecular weight excluding hydrogens is 211 g/mol. The van der Waals surface area contributed by atoms with Gasteiger partial charge in [0.25, 0.3) is 0 Å². The molecule has 2 rings (SSSR count). The lowest BCUT2D eigenvalue weighted by molar-refractivity contribution is -0.139. The molecule has 0 aliphatic carbocycles. The van der Waals surface area contributed by atoms with Crippen molar-refractivity contribution < 1.29 is 22.6 Å². The number of pyridine rings is 1. The zero-order chi connectivity index (χ0) is 10.9. The maximum Gasteiger partial charge on any atom is 0.421 e. The predicted molar refractivity (Wildman–Crippen MR) is 44.5 cm³/mol. The van der Waals surface area contributed by atoms with Gasteiger partial charge in [0, 0.05) is 6.20 Å². The normalized spacial score (nSPS) is 20.1. The second kappa shape index (κ2) is 3.69. The number of halogens is 3. The molecule has 1 aliphatic rings. The van der Waals surface area contributed by atoms with Crippen LogP contribution in [0.3, 0.4) is 0 Å². The molecule has 15 heavy (non-hydrogen) atoms. The Hall–Kier alpha value is -1.30. The van der Waals surface area contributed by atoms with E-state index in [4.69, 9.17) is 9.47 Å². The minimum atomic E-state index is -4.44. The molecule has 3 nitrogen and oxygen atoms in total. The third-order valence-corrected chi connectivity index (χ3v) is 1.88. The summed E-state index contributed by atoms with van der Waals surface area (Å²) >= 11 is 0. The van der Waals surface area contributed by atoms with Crippen LogP contribution in [0.1, 0.15) is 5.56 Å². The van der Waals surface area contributed by atoms with Crippen LogP contribution in [0.4, 0.5) is 13.2 Å². The molecule has 6 heteroatoms. The van der Waals surface area contributed by atoms with Gasteiger partial charge < -0.3 is 9.47 Å². The topological polar surface area (TPSA) is 34.6 Å². The van der Waals surface area contributed by atoms with Crippen LogP contribution in [0, 0.1) is 0 Å². The van der Waals surface area contributed by atoms with Crippen LogP contribution in [0.15, 0.2) is 18.3 Å². The summed E-state index contributed by atoms with van der Waals surface area (Å²) in [6.07, 6.45) is -3.26. The van der Waals surface area contributed by atoms with Gasteiger partial charge in [-0.25, -0.2) is 4.98 Å². The van der Waals surface area contributed by atoms with Gasteiger partial charge in [-0.05, 0) is 12.1 Å². The standard InChI is InChI=1S/C9H8F3NO2/c10-9(11,12)7-2-1-3-13-8(7)15-5-6-4-14-6/h1-3,6H,4-5H2/t6-/m0/s1. The van der Waals surface area contributed by atoms with Crippen molar-refractivity contribution in [1.29, 1.82) is 0 Å². The zero-order valence-electron chi connectivity index (χ0n) is 7.62. The van der Waals surface area contributed by atoms with Gasteiger partial charge in [0.05, 0.1) is 6.61 Å². The molecule has 1 saturated heterocycles. The lowest BCUT2D eigenvalue weighted by Gasteiger charge is -2.11. The Bertz CT molecular complexity index is 349. The van der Waals surface area contributed by atoms with Crippen LogP contribution >= 0.6 is 0 Å². The molecule has 0 saturated carbocycles. The van der Waals surface area contributed by atoms with Crippen molar-refractivity contribution in [2.75, 3.05) is 13.2 Å². The highest BCUT2D eigenvalue weighted by molar-refractivity contribution is 5.28. The number of aromatic nitrogens is 1. The molecule has 82 valence electrons. The molecule has 0 aromatic carbocycles. The fraction of sp³-hybridized carbons (Fsp3) is 0.444. The van der Waals surface area contributed by atoms with Crippen molar-refractivity contribution in [3.05, 3.63) is 23.9 Å². The Morgan fingerprint density at radius 2 is 2.27 bits per heavy atom. The van der Waals surface area contributed by atoms with E-state index in [9.17, 15) is 13.2 Å². The first-order valence-corrected chi connectivity index (χ1v) is 4.34. The van der Waals surface area contributed by atoms with Gasteiger partial charge in [-0.1, -0.05) is 0 Å². The van der Waals surface area contributed by atoms with Crippen LogP contribution in [-0.4, -0.2) is 24.3 Å². The summed E-state index contributed by atoms with van der Waals surface area (Å²) in [5, 5.41) is 0. The SMILES string of the molecule is FC(F)(F)c1cccnc1OC[C@@H]1CO1. The fourth-order valence-electron chi connectivity index (χ4n) is 1.06. The number of nitrogens with zero attached hydrogens (tertiary/aromatic N) is 1. The van der Waals surface area contributed by atoms with Crippen molar-refractivity contribution in [3.63, 3.8) is 0 Å². The molecule has 0 radical (unpaired) electrons. The first-order chi connectivity index (χ1) is 7.07. The van der Waals surface area contributed by atoms with Crippen molar-refractivity contribution in [1.82, 2.24) is 4.98 Å². The number of epoxide rings is 1. The molecular formula is C9H8F3NO2. The summed E-state index contributed by atoms with van der Waals surface area (Å²) in [6, 6.07) is 2.17. The first-order valence-electron chi connectivity index (χ1n) is 4.34. The van der Waals surface area contributed by atoms with Crippen molar-refractivity contribution >= 4 is 0 Å². The Balaban J connectivity index is 2.13. The van der Waals surface area contributed by atoms with Crippen molar-refractivity contribution in [3.8, 4) is 5.88 Å². The summed E-state index contributed by atoms with van der Waals surface area (Å²) in [5.74, 6) is -0.388. The van der Waals surface area contributed by atoms with E-state index in [0.29, 0.717) is 6.61 Å². The molecule has 1 fully saturated rings. The molecule has 1 atom stereocenters. The second-order valence-corrected chi connectivity index (χ2v) is 3.12. The molecule has 0 amide bonds. The molecule has 0 unspecified atom stereocenters. The van der Waals surface area contributed by atoms with Crippen LogP contribution in [0.5, 0.6) is 5.88 Å². The maximum absolute atomic E-state index is 12.4. The van der Waals surface area contributed by atoms with Gasteiger partial charge in [0.1, 0.15) is 18.3 Å². The Morgan fingerprint density at radius 3 is 2.87 bits per heavy atom. The van der Waals surface area contributed by atoms with E-state index in [2.05, 4.69) is 4.98 Å². The summed E-state index contributed by atoms with van der Waals surface area (Å²) in [5.41, 5.74) is -0.856. The van der Waals surface area contributed by atoms with E-state index < -0.39 is 11.7 Å². The molecule has 1 aliphatic heterocycles. The lowest BCUT2D eigenvalue weighted by Crippen LogP contribution is -2.12. The van der Waals surface area contributed by atoms with Gasteiger partial charge in [-0.3, -0.25) is 0 Å². The Kier molecular flexibility index (Phi) is 2.52. The predicted octanol–water partition coefficient (Wildman–Crippen LogP) is 1.88. The van der Waals surface area contributed by atoms with Gasteiger partial charge in [0.2, 0.25) is 5.88 Å². The Labute approximate surface area is 83.8 Å². The van der Waals surface area contributed by atoms with Gasteiger partial charge in [0.15, 0.2) is 0 Å². The second-order valence-electron chi connectivity index (χ2n) is 3.12. The smallest absolute Gasteiger partial charge is 0.421 e. The maximum atomic E-state index is 12.4. The highest BCUT2D eigenvalue weighted by atomic mass is 19.4. The summed E-state index contributed by atoms with van der Waals surface area (Å²) in [6.45, 7) is 0.647. The van der Waals surface area contributed by atoms with E-state index in [0.717, 1.165) is 6.07 Å². The third-order valence-electron chi connectivity index (χ3n) is 1.88. The number of hydrogen-bond donors (Lipinski definition) is 0. The van der Waals surface area contributed by atoms with Crippen molar-refractivity contribution in [2.24, 2.45) is 0 Å². The van der Waals surface area contributed by atoms with E-state index in [-0.39, 0.29) is 18.6 Å². The van der Waals surface area contributed by atoms with E-state index in [1.54, 1.807) is 0 Å². The summed E-state index contributed by atoms with van der Waals surface area (Å²) in [4.78, 5) is 3.55. The van der Waals surface area contributed by atoms with Gasteiger partial charge in [-0.15, -0.1) is 0 Å². The molecule has 0 spiro atoms. The van der Waals surface area contributed by atoms with Crippen LogP contribution in [-0.2, 0) is 10.9 Å². The fourth-order valence-corrected chi connectivity index (χ4v) is 1.06. The third kappa shape index (κ3) is 2.59. The average Bonchev–Trinajstić information content (AvgIpc) is 2.97. The van der Waals surface area contributed by atoms with E-state index >= 15 is 0 Å². The molecule has 1 aromatic rings. The number of ether oxygens (including phenoxy) is 2. The Morgan fingerprint density at radius 1 is 1.53 bits per heavy atom. The van der Waals surface area contributed by atoms with Crippen LogP contribution in [0.2, 0.25) is 0 Å². The largest absolute Gasteiger partial charge is 0.474 e. The minimum absolute atomic E-state index is 0.0897. The molecule has 0 N–H and O–H groups in total. The molecule has 2 heterocycles. The molecule has 0 bridgehead atoms. The van der Waals surface area contributed by atoms with Crippen molar-refractivity contribution in [2.45, 2.75) is 12.3 Å². The van der Waals surface area contributed by atoms with Crippen LogP contribution < -0.4 is 4.74 Å². The number of alkyl halides is 3. The highest BCUT2D eigenvalue weighted by Gasteiger charge is 2.35. The number of rotatable bonds is 3. The van der Waals surface area contributed by atoms with E-state index in [1.165, 1.54) is 12.3 Å². The van der Waals surface area contributed by atoms with Gasteiger partial charge >= 0.3 is 6.18 Å². The summed E-state index contributed by atoms with van der Waals surface area (Å²) < 4.78 is 47.1. The minimum Gasteiger partial charge on any atom is -0.474 e. The van der Waals surface area contributed by atoms with Crippen LogP contribution in [0.25, 0.3) is 0 Å². The number of hydrogen-bond acceptors (Lipinski definition) is 3. The zero-order valence-corrected chi connectivity index (χ0v) is 7.62.